The summed E-state index contributed by atoms with van der Waals surface area (Å²) in [5.74, 6) is 0.971. The number of hydrogen-bond acceptors (Lipinski definition) is 4. The van der Waals surface area contributed by atoms with E-state index in [9.17, 15) is 4.79 Å². The van der Waals surface area contributed by atoms with E-state index in [2.05, 4.69) is 15.5 Å². The number of rotatable bonds is 5. The zero-order valence-electron chi connectivity index (χ0n) is 11.3. The third-order valence-corrected chi connectivity index (χ3v) is 2.89. The van der Waals surface area contributed by atoms with Crippen LogP contribution in [0.15, 0.2) is 18.3 Å². The lowest BCUT2D eigenvalue weighted by Gasteiger charge is -2.06. The molecule has 2 aromatic rings. The first-order valence-corrected chi connectivity index (χ1v) is 6.47. The van der Waals surface area contributed by atoms with Crippen molar-refractivity contribution in [3.8, 4) is 0 Å². The predicted molar refractivity (Wildman–Crippen MR) is 73.1 cm³/mol. The molecule has 0 aliphatic carbocycles. The first kappa shape index (κ1) is 13.5. The zero-order valence-corrected chi connectivity index (χ0v) is 11.3. The van der Waals surface area contributed by atoms with Gasteiger partial charge in [-0.2, -0.15) is 0 Å². The number of nitrogens with zero attached hydrogens (tertiary/aromatic N) is 3. The maximum atomic E-state index is 12.1. The van der Waals surface area contributed by atoms with E-state index in [0.717, 1.165) is 12.2 Å². The van der Waals surface area contributed by atoms with Gasteiger partial charge in [0.15, 0.2) is 5.65 Å². The van der Waals surface area contributed by atoms with Crippen molar-refractivity contribution < 1.29 is 4.79 Å². The molecule has 2 rings (SSSR count). The van der Waals surface area contributed by atoms with Crippen molar-refractivity contribution >= 4 is 11.6 Å². The zero-order chi connectivity index (χ0) is 13.8. The van der Waals surface area contributed by atoms with E-state index in [-0.39, 0.29) is 11.8 Å². The maximum Gasteiger partial charge on any atom is 0.255 e. The minimum Gasteiger partial charge on any atom is -0.352 e. The first-order valence-electron chi connectivity index (χ1n) is 6.47. The van der Waals surface area contributed by atoms with Gasteiger partial charge in [0.05, 0.1) is 5.56 Å². The fraction of sp³-hybridized carbons (Fsp3) is 0.462. The van der Waals surface area contributed by atoms with Crippen LogP contribution in [0.2, 0.25) is 0 Å². The Bertz CT molecular complexity index is 575. The molecule has 0 radical (unpaired) electrons. The molecule has 3 N–H and O–H groups in total. The van der Waals surface area contributed by atoms with E-state index < -0.39 is 0 Å². The molecule has 0 unspecified atom stereocenters. The number of nitrogens with one attached hydrogen (secondary N) is 1. The lowest BCUT2D eigenvalue weighted by molar-refractivity contribution is 0.0954. The van der Waals surface area contributed by atoms with E-state index in [0.29, 0.717) is 24.3 Å². The summed E-state index contributed by atoms with van der Waals surface area (Å²) >= 11 is 0. The Hall–Kier alpha value is -1.95. The Balaban J connectivity index is 2.31. The van der Waals surface area contributed by atoms with Gasteiger partial charge in [-0.05, 0) is 25.1 Å². The molecule has 0 atom stereocenters. The Labute approximate surface area is 112 Å². The van der Waals surface area contributed by atoms with Gasteiger partial charge >= 0.3 is 0 Å². The third kappa shape index (κ3) is 2.73. The van der Waals surface area contributed by atoms with Crippen molar-refractivity contribution in [1.29, 1.82) is 0 Å². The fourth-order valence-electron chi connectivity index (χ4n) is 1.90. The molecule has 2 aromatic heterocycles. The number of hydrogen-bond donors (Lipinski definition) is 2. The minimum atomic E-state index is -0.137. The highest BCUT2D eigenvalue weighted by Gasteiger charge is 2.15. The first-order chi connectivity index (χ1) is 9.15. The summed E-state index contributed by atoms with van der Waals surface area (Å²) in [5, 5.41) is 11.1. The van der Waals surface area contributed by atoms with Crippen molar-refractivity contribution in [2.24, 2.45) is 5.73 Å². The second-order valence-corrected chi connectivity index (χ2v) is 4.73. The van der Waals surface area contributed by atoms with Gasteiger partial charge in [0.25, 0.3) is 5.91 Å². The van der Waals surface area contributed by atoms with Crippen LogP contribution >= 0.6 is 0 Å². The molecule has 0 aromatic carbocycles. The highest BCUT2D eigenvalue weighted by Crippen LogP contribution is 2.16. The smallest absolute Gasteiger partial charge is 0.255 e. The van der Waals surface area contributed by atoms with Crippen molar-refractivity contribution in [2.45, 2.75) is 26.2 Å². The Kier molecular flexibility index (Phi) is 4.11. The molecule has 19 heavy (non-hydrogen) atoms. The summed E-state index contributed by atoms with van der Waals surface area (Å²) in [6.07, 6.45) is 2.64. The number of carbonyl (C=O) groups is 1. The standard InChI is InChI=1S/C13H19N5O/c1-9(2)11-16-17-12-10(5-3-8-18(11)12)13(19)15-7-4-6-14/h3,5,8-9H,4,6-7,14H2,1-2H3,(H,15,19). The molecule has 6 heteroatoms. The van der Waals surface area contributed by atoms with E-state index in [1.807, 2.05) is 30.5 Å². The molecule has 0 saturated heterocycles. The van der Waals surface area contributed by atoms with E-state index >= 15 is 0 Å². The molecular formula is C13H19N5O. The van der Waals surface area contributed by atoms with E-state index in [1.165, 1.54) is 0 Å². The molecule has 2 heterocycles. The molecular weight excluding hydrogens is 242 g/mol. The number of aromatic nitrogens is 3. The number of amides is 1. The van der Waals surface area contributed by atoms with Crippen molar-refractivity contribution in [3.63, 3.8) is 0 Å². The fourth-order valence-corrected chi connectivity index (χ4v) is 1.90. The second kappa shape index (κ2) is 5.79. The van der Waals surface area contributed by atoms with Crippen LogP contribution in [0.3, 0.4) is 0 Å². The number of carbonyl (C=O) groups excluding carboxylic acids is 1. The second-order valence-electron chi connectivity index (χ2n) is 4.73. The van der Waals surface area contributed by atoms with Crippen LogP contribution in [0.1, 0.15) is 42.4 Å². The summed E-state index contributed by atoms with van der Waals surface area (Å²) in [4.78, 5) is 12.1. The summed E-state index contributed by atoms with van der Waals surface area (Å²) in [5.41, 5.74) is 6.54. The van der Waals surface area contributed by atoms with Gasteiger partial charge in [-0.1, -0.05) is 13.8 Å². The highest BCUT2D eigenvalue weighted by atomic mass is 16.1. The summed E-state index contributed by atoms with van der Waals surface area (Å²) < 4.78 is 1.86. The van der Waals surface area contributed by atoms with Crippen LogP contribution < -0.4 is 11.1 Å². The van der Waals surface area contributed by atoms with Crippen LogP contribution in [-0.4, -0.2) is 33.6 Å². The van der Waals surface area contributed by atoms with Gasteiger partial charge in [-0.3, -0.25) is 9.20 Å². The van der Waals surface area contributed by atoms with E-state index in [4.69, 9.17) is 5.73 Å². The molecule has 0 bridgehead atoms. The Morgan fingerprint density at radius 3 is 2.95 bits per heavy atom. The van der Waals surface area contributed by atoms with Gasteiger partial charge in [-0.15, -0.1) is 10.2 Å². The number of pyridine rings is 1. The van der Waals surface area contributed by atoms with Gasteiger partial charge in [0.2, 0.25) is 0 Å². The van der Waals surface area contributed by atoms with Crippen molar-refractivity contribution in [1.82, 2.24) is 19.9 Å². The quantitative estimate of drug-likeness (QED) is 0.784. The molecule has 102 valence electrons. The van der Waals surface area contributed by atoms with Crippen LogP contribution in [0.25, 0.3) is 5.65 Å². The Morgan fingerprint density at radius 2 is 2.26 bits per heavy atom. The van der Waals surface area contributed by atoms with Crippen LogP contribution in [-0.2, 0) is 0 Å². The van der Waals surface area contributed by atoms with Gasteiger partial charge in [0.1, 0.15) is 5.82 Å². The lowest BCUT2D eigenvalue weighted by Crippen LogP contribution is -2.26. The number of fused-ring (bicyclic) bond motifs is 1. The molecule has 0 fully saturated rings. The summed E-state index contributed by atoms with van der Waals surface area (Å²) in [7, 11) is 0. The van der Waals surface area contributed by atoms with Gasteiger partial charge < -0.3 is 11.1 Å². The monoisotopic (exact) mass is 261 g/mol. The number of nitrogens with two attached hydrogens (primary N) is 1. The molecule has 0 spiro atoms. The van der Waals surface area contributed by atoms with Crippen molar-refractivity contribution in [3.05, 3.63) is 29.7 Å². The average Bonchev–Trinajstić information content (AvgIpc) is 2.82. The van der Waals surface area contributed by atoms with Crippen LogP contribution in [0.4, 0.5) is 0 Å². The highest BCUT2D eigenvalue weighted by molar-refractivity contribution is 5.99. The molecule has 1 amide bonds. The Morgan fingerprint density at radius 1 is 1.47 bits per heavy atom. The molecule has 6 nitrogen and oxygen atoms in total. The summed E-state index contributed by atoms with van der Waals surface area (Å²) in [6.45, 7) is 5.23. The third-order valence-electron chi connectivity index (χ3n) is 2.89. The molecule has 0 aliphatic heterocycles. The van der Waals surface area contributed by atoms with Gasteiger partial charge in [0, 0.05) is 18.7 Å². The molecule has 0 saturated carbocycles. The predicted octanol–water partition coefficient (Wildman–Crippen LogP) is 0.931. The van der Waals surface area contributed by atoms with Crippen molar-refractivity contribution in [2.75, 3.05) is 13.1 Å². The van der Waals surface area contributed by atoms with Crippen LogP contribution in [0, 0.1) is 0 Å². The average molecular weight is 261 g/mol. The molecule has 0 aliphatic rings. The maximum absolute atomic E-state index is 12.1. The van der Waals surface area contributed by atoms with Crippen LogP contribution in [0.5, 0.6) is 0 Å². The lowest BCUT2D eigenvalue weighted by atomic mass is 10.2. The normalized spacial score (nSPS) is 11.2. The topological polar surface area (TPSA) is 85.3 Å². The SMILES string of the molecule is CC(C)c1nnc2c(C(=O)NCCCN)cccn12. The van der Waals surface area contributed by atoms with Gasteiger partial charge in [-0.25, -0.2) is 0 Å². The minimum absolute atomic E-state index is 0.137. The van der Waals surface area contributed by atoms with E-state index in [1.54, 1.807) is 6.07 Å². The largest absolute Gasteiger partial charge is 0.352 e. The summed E-state index contributed by atoms with van der Waals surface area (Å²) in [6, 6.07) is 3.59.